The Morgan fingerprint density at radius 2 is 2.11 bits per heavy atom. The molecule has 18 heavy (non-hydrogen) atoms. The van der Waals surface area contributed by atoms with Crippen molar-refractivity contribution < 1.29 is 9.90 Å². The van der Waals surface area contributed by atoms with Crippen molar-refractivity contribution in [2.24, 2.45) is 0 Å². The molecule has 0 amide bonds. The lowest BCUT2D eigenvalue weighted by Gasteiger charge is -2.21. The highest BCUT2D eigenvalue weighted by Crippen LogP contribution is 2.08. The monoisotopic (exact) mass is 252 g/mol. The van der Waals surface area contributed by atoms with Crippen LogP contribution in [0, 0.1) is 0 Å². The summed E-state index contributed by atoms with van der Waals surface area (Å²) in [5.74, 6) is -0.542. The van der Waals surface area contributed by atoms with Crippen molar-refractivity contribution in [3.63, 3.8) is 0 Å². The van der Waals surface area contributed by atoms with E-state index in [-0.39, 0.29) is 5.69 Å². The van der Waals surface area contributed by atoms with E-state index in [0.717, 1.165) is 26.1 Å². The first-order valence-electron chi connectivity index (χ1n) is 6.00. The molecule has 0 saturated heterocycles. The summed E-state index contributed by atoms with van der Waals surface area (Å²) >= 11 is 0. The van der Waals surface area contributed by atoms with Gasteiger partial charge in [0.2, 0.25) is 5.95 Å². The quantitative estimate of drug-likeness (QED) is 0.779. The topological polar surface area (TPSA) is 69.6 Å². The summed E-state index contributed by atoms with van der Waals surface area (Å²) in [6.45, 7) is 4.57. The molecule has 0 atom stereocenters. The molecule has 1 heterocycles. The molecule has 0 unspecified atom stereocenters. The lowest BCUT2D eigenvalue weighted by molar-refractivity contribution is 0.0690. The van der Waals surface area contributed by atoms with Gasteiger partial charge in [0.25, 0.3) is 0 Å². The fourth-order valence-corrected chi connectivity index (χ4v) is 1.60. The van der Waals surface area contributed by atoms with Crippen LogP contribution in [-0.4, -0.2) is 59.7 Å². The predicted octanol–water partition coefficient (Wildman–Crippen LogP) is 0.953. The van der Waals surface area contributed by atoms with Crippen LogP contribution < -0.4 is 4.90 Å². The first-order chi connectivity index (χ1) is 8.54. The molecule has 1 aromatic rings. The average molecular weight is 252 g/mol. The molecular formula is C12H20N4O2. The number of aromatic carboxylic acids is 1. The lowest BCUT2D eigenvalue weighted by atomic mass is 10.3. The van der Waals surface area contributed by atoms with E-state index in [9.17, 15) is 4.79 Å². The van der Waals surface area contributed by atoms with E-state index in [1.54, 1.807) is 0 Å². The van der Waals surface area contributed by atoms with Crippen LogP contribution in [0.15, 0.2) is 12.3 Å². The lowest BCUT2D eigenvalue weighted by Crippen LogP contribution is -2.29. The predicted molar refractivity (Wildman–Crippen MR) is 70.0 cm³/mol. The third kappa shape index (κ3) is 4.29. The number of carboxylic acids is 1. The maximum Gasteiger partial charge on any atom is 0.354 e. The van der Waals surface area contributed by atoms with Crippen LogP contribution in [0.2, 0.25) is 0 Å². The molecule has 6 heteroatoms. The SMILES string of the molecule is CCN(CCCN(C)C)c1nccc(C(=O)O)n1. The first-order valence-corrected chi connectivity index (χ1v) is 6.00. The summed E-state index contributed by atoms with van der Waals surface area (Å²) in [4.78, 5) is 23.1. The molecule has 0 spiro atoms. The second-order valence-corrected chi connectivity index (χ2v) is 4.28. The van der Waals surface area contributed by atoms with Gasteiger partial charge in [-0.15, -0.1) is 0 Å². The van der Waals surface area contributed by atoms with Crippen LogP contribution in [0.3, 0.4) is 0 Å². The van der Waals surface area contributed by atoms with E-state index in [0.29, 0.717) is 5.95 Å². The molecule has 100 valence electrons. The largest absolute Gasteiger partial charge is 0.477 e. The van der Waals surface area contributed by atoms with Gasteiger partial charge >= 0.3 is 5.97 Å². The van der Waals surface area contributed by atoms with Crippen LogP contribution >= 0.6 is 0 Å². The summed E-state index contributed by atoms with van der Waals surface area (Å²) in [5, 5.41) is 8.90. The van der Waals surface area contributed by atoms with Gasteiger partial charge in [-0.05, 0) is 40.1 Å². The molecule has 0 radical (unpaired) electrons. The minimum absolute atomic E-state index is 0.0334. The number of nitrogens with zero attached hydrogens (tertiary/aromatic N) is 4. The van der Waals surface area contributed by atoms with E-state index < -0.39 is 5.97 Å². The van der Waals surface area contributed by atoms with E-state index in [1.807, 2.05) is 25.9 Å². The Bertz CT molecular complexity index is 395. The molecular weight excluding hydrogens is 232 g/mol. The fraction of sp³-hybridized carbons (Fsp3) is 0.583. The molecule has 1 aromatic heterocycles. The number of anilines is 1. The summed E-state index contributed by atoms with van der Waals surface area (Å²) in [6.07, 6.45) is 2.47. The van der Waals surface area contributed by atoms with E-state index in [4.69, 9.17) is 5.11 Å². The molecule has 1 rings (SSSR count). The number of carbonyl (C=O) groups is 1. The summed E-state index contributed by atoms with van der Waals surface area (Å²) in [7, 11) is 4.05. The summed E-state index contributed by atoms with van der Waals surface area (Å²) in [6, 6.07) is 1.40. The van der Waals surface area contributed by atoms with Crippen molar-refractivity contribution in [1.82, 2.24) is 14.9 Å². The van der Waals surface area contributed by atoms with Crippen LogP contribution in [0.4, 0.5) is 5.95 Å². The van der Waals surface area contributed by atoms with Gasteiger partial charge in [-0.3, -0.25) is 0 Å². The molecule has 1 N–H and O–H groups in total. The zero-order chi connectivity index (χ0) is 13.5. The molecule has 6 nitrogen and oxygen atoms in total. The second-order valence-electron chi connectivity index (χ2n) is 4.28. The molecule has 0 aliphatic carbocycles. The van der Waals surface area contributed by atoms with E-state index in [2.05, 4.69) is 14.9 Å². The minimum Gasteiger partial charge on any atom is -0.477 e. The van der Waals surface area contributed by atoms with Gasteiger partial charge in [-0.1, -0.05) is 0 Å². The molecule has 0 saturated carbocycles. The van der Waals surface area contributed by atoms with Gasteiger partial charge in [-0.25, -0.2) is 14.8 Å². The Morgan fingerprint density at radius 1 is 1.39 bits per heavy atom. The molecule has 0 aliphatic heterocycles. The van der Waals surface area contributed by atoms with Crippen LogP contribution in [-0.2, 0) is 0 Å². The van der Waals surface area contributed by atoms with Gasteiger partial charge in [0.15, 0.2) is 5.69 Å². The van der Waals surface area contributed by atoms with Crippen molar-refractivity contribution in [2.45, 2.75) is 13.3 Å². The molecule has 0 bridgehead atoms. The Balaban J connectivity index is 2.69. The van der Waals surface area contributed by atoms with Crippen molar-refractivity contribution in [1.29, 1.82) is 0 Å². The van der Waals surface area contributed by atoms with Gasteiger partial charge < -0.3 is 14.9 Å². The number of hydrogen-bond acceptors (Lipinski definition) is 5. The normalized spacial score (nSPS) is 10.7. The number of hydrogen-bond donors (Lipinski definition) is 1. The van der Waals surface area contributed by atoms with E-state index >= 15 is 0 Å². The van der Waals surface area contributed by atoms with Crippen LogP contribution in [0.25, 0.3) is 0 Å². The van der Waals surface area contributed by atoms with Crippen molar-refractivity contribution in [3.05, 3.63) is 18.0 Å². The summed E-state index contributed by atoms with van der Waals surface area (Å²) in [5.41, 5.74) is 0.0334. The third-order valence-electron chi connectivity index (χ3n) is 2.56. The van der Waals surface area contributed by atoms with Crippen LogP contribution in [0.5, 0.6) is 0 Å². The van der Waals surface area contributed by atoms with E-state index in [1.165, 1.54) is 12.3 Å². The fourth-order valence-electron chi connectivity index (χ4n) is 1.60. The van der Waals surface area contributed by atoms with Crippen LogP contribution in [0.1, 0.15) is 23.8 Å². The average Bonchev–Trinajstić information content (AvgIpc) is 2.34. The van der Waals surface area contributed by atoms with Gasteiger partial charge in [0.1, 0.15) is 0 Å². The maximum absolute atomic E-state index is 10.9. The molecule has 0 aliphatic rings. The van der Waals surface area contributed by atoms with Gasteiger partial charge in [-0.2, -0.15) is 0 Å². The highest BCUT2D eigenvalue weighted by Gasteiger charge is 2.11. The highest BCUT2D eigenvalue weighted by atomic mass is 16.4. The third-order valence-corrected chi connectivity index (χ3v) is 2.56. The van der Waals surface area contributed by atoms with Crippen molar-refractivity contribution >= 4 is 11.9 Å². The van der Waals surface area contributed by atoms with Crippen molar-refractivity contribution in [2.75, 3.05) is 38.6 Å². The number of rotatable bonds is 7. The Kier molecular flexibility index (Phi) is 5.51. The minimum atomic E-state index is -1.03. The van der Waals surface area contributed by atoms with Gasteiger partial charge in [0, 0.05) is 19.3 Å². The smallest absolute Gasteiger partial charge is 0.354 e. The Morgan fingerprint density at radius 3 is 2.67 bits per heavy atom. The Hall–Kier alpha value is -1.69. The van der Waals surface area contributed by atoms with Gasteiger partial charge in [0.05, 0.1) is 0 Å². The zero-order valence-electron chi connectivity index (χ0n) is 11.1. The first kappa shape index (κ1) is 14.4. The molecule has 0 aromatic carbocycles. The Labute approximate surface area is 107 Å². The number of aromatic nitrogens is 2. The summed E-state index contributed by atoms with van der Waals surface area (Å²) < 4.78 is 0. The second kappa shape index (κ2) is 6.90. The zero-order valence-corrected chi connectivity index (χ0v) is 11.1. The van der Waals surface area contributed by atoms with Crippen molar-refractivity contribution in [3.8, 4) is 0 Å². The standard InChI is InChI=1S/C12H20N4O2/c1-4-16(9-5-8-15(2)3)12-13-7-6-10(14-12)11(17)18/h6-7H,4-5,8-9H2,1-3H3,(H,17,18). The number of carboxylic acid groups (broad SMARTS) is 1. The molecule has 0 fully saturated rings. The maximum atomic E-state index is 10.9. The highest BCUT2D eigenvalue weighted by molar-refractivity contribution is 5.85.